The molecule has 0 unspecified atom stereocenters. The fourth-order valence-corrected chi connectivity index (χ4v) is 2.18. The van der Waals surface area contributed by atoms with Gasteiger partial charge in [0.25, 0.3) is 11.2 Å². The van der Waals surface area contributed by atoms with Crippen molar-refractivity contribution in [2.45, 2.75) is 6.92 Å². The lowest BCUT2D eigenvalue weighted by molar-refractivity contribution is -0.384. The molecule has 126 valence electrons. The first-order chi connectivity index (χ1) is 11.9. The van der Waals surface area contributed by atoms with Gasteiger partial charge in [0.2, 0.25) is 0 Å². The molecule has 3 aromatic rings. The van der Waals surface area contributed by atoms with E-state index >= 15 is 0 Å². The Morgan fingerprint density at radius 3 is 2.48 bits per heavy atom. The van der Waals surface area contributed by atoms with Gasteiger partial charge in [0.05, 0.1) is 10.6 Å². The van der Waals surface area contributed by atoms with Crippen LogP contribution in [0.25, 0.3) is 5.69 Å². The van der Waals surface area contributed by atoms with E-state index in [1.165, 1.54) is 24.3 Å². The summed E-state index contributed by atoms with van der Waals surface area (Å²) in [6.45, 7) is 1.78. The first-order valence-electron chi connectivity index (χ1n) is 7.16. The summed E-state index contributed by atoms with van der Waals surface area (Å²) in [4.78, 5) is 35.1. The third-order valence-electron chi connectivity index (χ3n) is 3.39. The molecule has 1 N–H and O–H groups in total. The first kappa shape index (κ1) is 16.1. The number of nitro groups is 1. The zero-order valence-electron chi connectivity index (χ0n) is 13.0. The highest BCUT2D eigenvalue weighted by Gasteiger charge is 2.08. The molecule has 0 radical (unpaired) electrons. The third kappa shape index (κ3) is 3.44. The second-order valence-corrected chi connectivity index (χ2v) is 5.15. The molecule has 25 heavy (non-hydrogen) atoms. The van der Waals surface area contributed by atoms with Crippen LogP contribution in [0.15, 0.2) is 58.3 Å². The number of aromatic nitrogens is 3. The number of ether oxygens (including phenoxy) is 1. The molecule has 0 saturated carbocycles. The van der Waals surface area contributed by atoms with Gasteiger partial charge in [-0.15, -0.1) is 0 Å². The molecule has 0 bridgehead atoms. The maximum atomic E-state index is 11.8. The maximum absolute atomic E-state index is 11.8. The smallest absolute Gasteiger partial charge is 0.349 e. The zero-order valence-corrected chi connectivity index (χ0v) is 13.0. The number of nitrogens with zero attached hydrogens (tertiary/aromatic N) is 3. The highest BCUT2D eigenvalue weighted by molar-refractivity contribution is 5.45. The molecule has 0 aliphatic heterocycles. The summed E-state index contributed by atoms with van der Waals surface area (Å²) in [6, 6.07) is 10.6. The van der Waals surface area contributed by atoms with Crippen LogP contribution in [0.5, 0.6) is 11.5 Å². The number of rotatable bonds is 4. The summed E-state index contributed by atoms with van der Waals surface area (Å²) in [5.74, 6) is 0.968. The normalized spacial score (nSPS) is 10.4. The van der Waals surface area contributed by atoms with E-state index in [2.05, 4.69) is 10.1 Å². The number of H-pyrrole nitrogens is 1. The van der Waals surface area contributed by atoms with E-state index in [1.807, 2.05) is 0 Å². The van der Waals surface area contributed by atoms with Crippen LogP contribution in [0.2, 0.25) is 0 Å². The van der Waals surface area contributed by atoms with Gasteiger partial charge in [-0.25, -0.2) is 4.79 Å². The lowest BCUT2D eigenvalue weighted by Crippen LogP contribution is -2.30. The first-order valence-corrected chi connectivity index (χ1v) is 7.16. The average Bonchev–Trinajstić information content (AvgIpc) is 2.57. The Labute approximate surface area is 140 Å². The van der Waals surface area contributed by atoms with E-state index in [1.54, 1.807) is 25.1 Å². The minimum atomic E-state index is -0.643. The fourth-order valence-electron chi connectivity index (χ4n) is 2.18. The molecule has 0 aliphatic rings. The van der Waals surface area contributed by atoms with Gasteiger partial charge in [0, 0.05) is 12.1 Å². The molecule has 3 rings (SSSR count). The number of hydrogen-bond donors (Lipinski definition) is 1. The summed E-state index contributed by atoms with van der Waals surface area (Å²) >= 11 is 0. The molecular formula is C16H12N4O5. The van der Waals surface area contributed by atoms with Gasteiger partial charge >= 0.3 is 5.69 Å². The SMILES string of the molecule is Cc1cc(-n2ncc(=O)[nH]c2=O)ccc1Oc1ccc([N+](=O)[O-])cc1. The van der Waals surface area contributed by atoms with Gasteiger partial charge in [-0.1, -0.05) is 0 Å². The van der Waals surface area contributed by atoms with Gasteiger partial charge in [-0.05, 0) is 42.8 Å². The molecule has 1 aromatic heterocycles. The summed E-state index contributed by atoms with van der Waals surface area (Å²) < 4.78 is 6.76. The molecule has 9 nitrogen and oxygen atoms in total. The second kappa shape index (κ2) is 6.40. The van der Waals surface area contributed by atoms with E-state index in [0.29, 0.717) is 17.2 Å². The van der Waals surface area contributed by atoms with E-state index in [9.17, 15) is 19.7 Å². The molecule has 9 heteroatoms. The summed E-state index contributed by atoms with van der Waals surface area (Å²) in [5, 5.41) is 14.4. The van der Waals surface area contributed by atoms with Crippen molar-refractivity contribution in [3.8, 4) is 17.2 Å². The van der Waals surface area contributed by atoms with E-state index in [4.69, 9.17) is 4.74 Å². The number of aryl methyl sites for hydroxylation is 1. The number of hydrogen-bond acceptors (Lipinski definition) is 6. The number of benzene rings is 2. The average molecular weight is 340 g/mol. The second-order valence-electron chi connectivity index (χ2n) is 5.15. The minimum Gasteiger partial charge on any atom is -0.457 e. The predicted molar refractivity (Wildman–Crippen MR) is 88.4 cm³/mol. The van der Waals surface area contributed by atoms with Crippen LogP contribution in [0, 0.1) is 17.0 Å². The topological polar surface area (TPSA) is 120 Å². The molecule has 0 saturated heterocycles. The van der Waals surface area contributed by atoms with Crippen LogP contribution in [0.3, 0.4) is 0 Å². The lowest BCUT2D eigenvalue weighted by atomic mass is 10.2. The van der Waals surface area contributed by atoms with Crippen LogP contribution in [-0.4, -0.2) is 19.7 Å². The van der Waals surface area contributed by atoms with Crippen molar-refractivity contribution in [3.05, 3.63) is 85.2 Å². The van der Waals surface area contributed by atoms with E-state index in [0.717, 1.165) is 16.4 Å². The van der Waals surface area contributed by atoms with Crippen molar-refractivity contribution in [2.24, 2.45) is 0 Å². The fraction of sp³-hybridized carbons (Fsp3) is 0.0625. The molecule has 0 aliphatic carbocycles. The Morgan fingerprint density at radius 2 is 1.88 bits per heavy atom. The van der Waals surface area contributed by atoms with Crippen molar-refractivity contribution >= 4 is 5.69 Å². The van der Waals surface area contributed by atoms with Crippen molar-refractivity contribution < 1.29 is 9.66 Å². The van der Waals surface area contributed by atoms with Crippen LogP contribution in [0.1, 0.15) is 5.56 Å². The van der Waals surface area contributed by atoms with Gasteiger partial charge < -0.3 is 4.74 Å². The Kier molecular flexibility index (Phi) is 4.12. The Hall–Kier alpha value is -3.75. The zero-order chi connectivity index (χ0) is 18.0. The van der Waals surface area contributed by atoms with E-state index in [-0.39, 0.29) is 5.69 Å². The Balaban J connectivity index is 1.88. The van der Waals surface area contributed by atoms with Crippen LogP contribution < -0.4 is 16.0 Å². The van der Waals surface area contributed by atoms with Crippen LogP contribution in [0.4, 0.5) is 5.69 Å². The highest BCUT2D eigenvalue weighted by atomic mass is 16.6. The summed E-state index contributed by atoms with van der Waals surface area (Å²) in [7, 11) is 0. The van der Waals surface area contributed by atoms with E-state index < -0.39 is 16.2 Å². The third-order valence-corrected chi connectivity index (χ3v) is 3.39. The van der Waals surface area contributed by atoms with Gasteiger partial charge in [0.1, 0.15) is 17.7 Å². The quantitative estimate of drug-likeness (QED) is 0.572. The highest BCUT2D eigenvalue weighted by Crippen LogP contribution is 2.27. The van der Waals surface area contributed by atoms with Crippen molar-refractivity contribution in [1.82, 2.24) is 14.8 Å². The maximum Gasteiger partial charge on any atom is 0.349 e. The molecule has 0 spiro atoms. The molecule has 0 amide bonds. The van der Waals surface area contributed by atoms with Crippen molar-refractivity contribution in [1.29, 1.82) is 0 Å². The number of aromatic amines is 1. The molecule has 2 aromatic carbocycles. The number of nitro benzene ring substituents is 1. The molecular weight excluding hydrogens is 328 g/mol. The summed E-state index contributed by atoms with van der Waals surface area (Å²) in [5.41, 5.74) is -0.0551. The number of non-ortho nitro benzene ring substituents is 1. The van der Waals surface area contributed by atoms with Crippen LogP contribution in [-0.2, 0) is 0 Å². The minimum absolute atomic E-state index is 0.0251. The standard InChI is InChI=1S/C16H12N4O5/c1-10-8-12(19-16(22)18-15(21)9-17-19)4-7-14(10)25-13-5-2-11(3-6-13)20(23)24/h2-9H,1H3,(H,18,21,22). The van der Waals surface area contributed by atoms with Crippen LogP contribution >= 0.6 is 0 Å². The number of nitrogens with one attached hydrogen (secondary N) is 1. The van der Waals surface area contributed by atoms with Crippen molar-refractivity contribution in [3.63, 3.8) is 0 Å². The van der Waals surface area contributed by atoms with Gasteiger partial charge in [-0.2, -0.15) is 9.78 Å². The van der Waals surface area contributed by atoms with Gasteiger partial charge in [-0.3, -0.25) is 19.9 Å². The largest absolute Gasteiger partial charge is 0.457 e. The van der Waals surface area contributed by atoms with Crippen molar-refractivity contribution in [2.75, 3.05) is 0 Å². The lowest BCUT2D eigenvalue weighted by Gasteiger charge is -2.10. The monoisotopic (exact) mass is 340 g/mol. The summed E-state index contributed by atoms with van der Waals surface area (Å²) in [6.07, 6.45) is 1.01. The van der Waals surface area contributed by atoms with Gasteiger partial charge in [0.15, 0.2) is 0 Å². The molecule has 1 heterocycles. The Morgan fingerprint density at radius 1 is 1.16 bits per heavy atom. The Bertz CT molecular complexity index is 1050. The predicted octanol–water partition coefficient (Wildman–Crippen LogP) is 1.93. The molecule has 0 atom stereocenters. The molecule has 0 fully saturated rings.